The summed E-state index contributed by atoms with van der Waals surface area (Å²) >= 11 is 0. The maximum Gasteiger partial charge on any atom is 0.0923 e. The van der Waals surface area contributed by atoms with Crippen LogP contribution in [0.1, 0.15) is 11.1 Å². The number of hydrazone groups is 1. The number of nitrogen functional groups attached to an aromatic ring is 2. The first-order valence-corrected chi connectivity index (χ1v) is 3.85. The molecular weight excluding hydrogens is 168 g/mol. The topological polar surface area (TPSA) is 87.9 Å². The SMILES string of the molecule is Nc1ccc(N)c2c1C=NN(O)C2. The molecule has 1 aliphatic heterocycles. The van der Waals surface area contributed by atoms with Gasteiger partial charge >= 0.3 is 0 Å². The van der Waals surface area contributed by atoms with Crippen LogP contribution in [0.2, 0.25) is 0 Å². The Hall–Kier alpha value is -1.75. The maximum atomic E-state index is 9.11. The van der Waals surface area contributed by atoms with Gasteiger partial charge in [0.2, 0.25) is 0 Å². The van der Waals surface area contributed by atoms with E-state index in [9.17, 15) is 0 Å². The Kier molecular flexibility index (Phi) is 1.60. The van der Waals surface area contributed by atoms with Gasteiger partial charge in [0, 0.05) is 22.5 Å². The Morgan fingerprint density at radius 1 is 1.31 bits per heavy atom. The number of nitrogens with two attached hydrogens (primary N) is 2. The number of nitrogens with zero attached hydrogens (tertiary/aromatic N) is 2. The van der Waals surface area contributed by atoms with Gasteiger partial charge in [0.05, 0.1) is 12.8 Å². The Bertz CT molecular complexity index is 375. The van der Waals surface area contributed by atoms with Crippen LogP contribution in [0, 0.1) is 0 Å². The number of benzene rings is 1. The van der Waals surface area contributed by atoms with Crippen LogP contribution in [0.5, 0.6) is 0 Å². The summed E-state index contributed by atoms with van der Waals surface area (Å²) in [5.74, 6) is 0. The minimum Gasteiger partial charge on any atom is -0.398 e. The van der Waals surface area contributed by atoms with Crippen LogP contribution in [0.15, 0.2) is 17.2 Å². The zero-order valence-corrected chi connectivity index (χ0v) is 6.94. The summed E-state index contributed by atoms with van der Waals surface area (Å²) in [6, 6.07) is 3.45. The van der Waals surface area contributed by atoms with Crippen molar-refractivity contribution in [2.75, 3.05) is 11.5 Å². The van der Waals surface area contributed by atoms with Crippen LogP contribution in [-0.4, -0.2) is 16.6 Å². The van der Waals surface area contributed by atoms with Crippen LogP contribution in [0.4, 0.5) is 11.4 Å². The first-order chi connectivity index (χ1) is 6.18. The van der Waals surface area contributed by atoms with E-state index in [1.165, 1.54) is 6.21 Å². The zero-order valence-electron chi connectivity index (χ0n) is 6.94. The van der Waals surface area contributed by atoms with Gasteiger partial charge in [0.1, 0.15) is 0 Å². The molecule has 0 aromatic heterocycles. The third-order valence-electron chi connectivity index (χ3n) is 2.05. The van der Waals surface area contributed by atoms with Crippen molar-refractivity contribution >= 4 is 17.6 Å². The number of rotatable bonds is 0. The second kappa shape index (κ2) is 2.63. The zero-order chi connectivity index (χ0) is 9.42. The minimum absolute atomic E-state index is 0.280. The molecule has 0 spiro atoms. The number of hydrogen-bond acceptors (Lipinski definition) is 5. The normalized spacial score (nSPS) is 14.4. The predicted octanol–water partition coefficient (Wildman–Crippen LogP) is 0.390. The average Bonchev–Trinajstić information content (AvgIpc) is 2.12. The summed E-state index contributed by atoms with van der Waals surface area (Å²) in [6.07, 6.45) is 1.50. The molecule has 5 heteroatoms. The third-order valence-corrected chi connectivity index (χ3v) is 2.05. The molecule has 1 aliphatic rings. The number of anilines is 2. The first-order valence-electron chi connectivity index (χ1n) is 3.85. The van der Waals surface area contributed by atoms with Crippen LogP contribution >= 0.6 is 0 Å². The lowest BCUT2D eigenvalue weighted by atomic mass is 10.0. The smallest absolute Gasteiger partial charge is 0.0923 e. The van der Waals surface area contributed by atoms with Crippen molar-refractivity contribution < 1.29 is 5.21 Å². The number of fused-ring (bicyclic) bond motifs is 1. The van der Waals surface area contributed by atoms with Crippen LogP contribution in [0.3, 0.4) is 0 Å². The van der Waals surface area contributed by atoms with E-state index in [4.69, 9.17) is 16.7 Å². The highest BCUT2D eigenvalue weighted by molar-refractivity contribution is 5.91. The lowest BCUT2D eigenvalue weighted by Gasteiger charge is -2.20. The highest BCUT2D eigenvalue weighted by Crippen LogP contribution is 2.25. The molecule has 5 nitrogen and oxygen atoms in total. The molecule has 1 aromatic rings. The highest BCUT2D eigenvalue weighted by atomic mass is 16.5. The lowest BCUT2D eigenvalue weighted by molar-refractivity contribution is -0.0988. The Morgan fingerprint density at radius 2 is 2.00 bits per heavy atom. The van der Waals surface area contributed by atoms with Crippen molar-refractivity contribution in [2.24, 2.45) is 5.10 Å². The van der Waals surface area contributed by atoms with E-state index in [0.717, 1.165) is 16.3 Å². The second-order valence-electron chi connectivity index (χ2n) is 2.91. The summed E-state index contributed by atoms with van der Waals surface area (Å²) in [6.45, 7) is 0.280. The molecule has 13 heavy (non-hydrogen) atoms. The fraction of sp³-hybridized carbons (Fsp3) is 0.125. The molecule has 0 aliphatic carbocycles. The fourth-order valence-corrected chi connectivity index (χ4v) is 1.34. The Balaban J connectivity index is 2.60. The van der Waals surface area contributed by atoms with Crippen LogP contribution < -0.4 is 11.5 Å². The minimum atomic E-state index is 0.280. The molecule has 0 fully saturated rings. The van der Waals surface area contributed by atoms with Gasteiger partial charge in [-0.2, -0.15) is 10.3 Å². The molecular formula is C8H10N4O. The molecule has 0 radical (unpaired) electrons. The summed E-state index contributed by atoms with van der Waals surface area (Å²) in [7, 11) is 0. The van der Waals surface area contributed by atoms with Gasteiger partial charge in [-0.1, -0.05) is 0 Å². The fourth-order valence-electron chi connectivity index (χ4n) is 1.34. The van der Waals surface area contributed by atoms with Gasteiger partial charge in [-0.25, -0.2) is 0 Å². The van der Waals surface area contributed by atoms with E-state index in [2.05, 4.69) is 5.10 Å². The predicted molar refractivity (Wildman–Crippen MR) is 50.2 cm³/mol. The lowest BCUT2D eigenvalue weighted by Crippen LogP contribution is -2.20. The Labute approximate surface area is 75.2 Å². The van der Waals surface area contributed by atoms with Crippen molar-refractivity contribution in [3.8, 4) is 0 Å². The van der Waals surface area contributed by atoms with E-state index in [1.807, 2.05) is 0 Å². The van der Waals surface area contributed by atoms with Crippen molar-refractivity contribution in [3.63, 3.8) is 0 Å². The monoisotopic (exact) mass is 178 g/mol. The van der Waals surface area contributed by atoms with E-state index in [-0.39, 0.29) is 6.54 Å². The summed E-state index contributed by atoms with van der Waals surface area (Å²) in [4.78, 5) is 0. The number of hydroxylamine groups is 1. The molecule has 0 unspecified atom stereocenters. The summed E-state index contributed by atoms with van der Waals surface area (Å²) in [5, 5.41) is 13.6. The first kappa shape index (κ1) is 7.88. The molecule has 0 saturated carbocycles. The molecule has 1 aromatic carbocycles. The van der Waals surface area contributed by atoms with E-state index >= 15 is 0 Å². The van der Waals surface area contributed by atoms with Gasteiger partial charge in [0.25, 0.3) is 0 Å². The van der Waals surface area contributed by atoms with E-state index < -0.39 is 0 Å². The van der Waals surface area contributed by atoms with Crippen molar-refractivity contribution in [1.29, 1.82) is 0 Å². The second-order valence-corrected chi connectivity index (χ2v) is 2.91. The van der Waals surface area contributed by atoms with Gasteiger partial charge in [-0.05, 0) is 12.1 Å². The molecule has 0 atom stereocenters. The van der Waals surface area contributed by atoms with Crippen molar-refractivity contribution in [1.82, 2.24) is 5.17 Å². The number of hydrogen-bond donors (Lipinski definition) is 3. The Morgan fingerprint density at radius 3 is 2.77 bits per heavy atom. The average molecular weight is 178 g/mol. The third kappa shape index (κ3) is 1.19. The molecule has 5 N–H and O–H groups in total. The van der Waals surface area contributed by atoms with E-state index in [0.29, 0.717) is 11.4 Å². The molecule has 68 valence electrons. The van der Waals surface area contributed by atoms with Gasteiger partial charge < -0.3 is 11.5 Å². The molecule has 0 bridgehead atoms. The molecule has 0 saturated heterocycles. The molecule has 0 amide bonds. The summed E-state index contributed by atoms with van der Waals surface area (Å²) in [5.41, 5.74) is 14.3. The molecule has 1 heterocycles. The van der Waals surface area contributed by atoms with E-state index in [1.54, 1.807) is 12.1 Å². The van der Waals surface area contributed by atoms with Crippen molar-refractivity contribution in [3.05, 3.63) is 23.3 Å². The van der Waals surface area contributed by atoms with Gasteiger partial charge in [-0.3, -0.25) is 5.21 Å². The highest BCUT2D eigenvalue weighted by Gasteiger charge is 2.14. The largest absolute Gasteiger partial charge is 0.398 e. The molecule has 2 rings (SSSR count). The standard InChI is InChI=1S/C8H10N4O/c9-7-1-2-8(10)6-4-12(13)11-3-5(6)7/h1-3,13H,4,9-10H2. The van der Waals surface area contributed by atoms with Crippen LogP contribution in [-0.2, 0) is 6.54 Å². The maximum absolute atomic E-state index is 9.11. The van der Waals surface area contributed by atoms with Gasteiger partial charge in [0.15, 0.2) is 0 Å². The van der Waals surface area contributed by atoms with Crippen molar-refractivity contribution in [2.45, 2.75) is 6.54 Å². The van der Waals surface area contributed by atoms with Crippen LogP contribution in [0.25, 0.3) is 0 Å². The quantitative estimate of drug-likeness (QED) is 0.501. The van der Waals surface area contributed by atoms with Gasteiger partial charge in [-0.15, -0.1) is 0 Å². The summed E-state index contributed by atoms with van der Waals surface area (Å²) < 4.78 is 0.